The van der Waals surface area contributed by atoms with Gasteiger partial charge in [-0.15, -0.1) is 0 Å². The van der Waals surface area contributed by atoms with Crippen LogP contribution in [0.2, 0.25) is 0 Å². The van der Waals surface area contributed by atoms with Crippen molar-refractivity contribution in [1.82, 2.24) is 24.5 Å². The Kier molecular flexibility index (Phi) is 45.2. The molecule has 0 spiro atoms. The minimum absolute atomic E-state index is 0.0446. The van der Waals surface area contributed by atoms with Gasteiger partial charge < -0.3 is 49.0 Å². The molecule has 20 heteroatoms. The topological polar surface area (TPSA) is 118 Å². The molecular formula is C87H154N10O5S5. The molecule has 0 aromatic heterocycles. The van der Waals surface area contributed by atoms with Crippen molar-refractivity contribution in [2.45, 2.75) is 276 Å². The smallest absolute Gasteiger partial charge is 0.220 e. The third kappa shape index (κ3) is 31.3. The number of nitrogens with zero attached hydrogens (tertiary/aromatic N) is 10. The molecule has 15 nitrogen and oxygen atoms in total. The third-order valence-electron chi connectivity index (χ3n) is 20.4. The molecule has 0 saturated heterocycles. The van der Waals surface area contributed by atoms with E-state index in [0.717, 1.165) is 199 Å². The number of hydrogen-bond acceptors (Lipinski definition) is 20. The van der Waals surface area contributed by atoms with Crippen LogP contribution < -0.4 is 51.6 Å². The molecule has 0 radical (unpaired) electrons. The zero-order valence-corrected chi connectivity index (χ0v) is 77.8. The average Bonchev–Trinajstić information content (AvgIpc) is 0.781. The number of hydrogen-bond donors (Lipinski definition) is 0. The lowest BCUT2D eigenvalue weighted by Gasteiger charge is -2.31. The van der Waals surface area contributed by atoms with Crippen LogP contribution in [0.3, 0.4) is 0 Å². The van der Waals surface area contributed by atoms with Gasteiger partial charge in [-0.2, -0.15) is 0 Å². The van der Waals surface area contributed by atoms with E-state index in [2.05, 4.69) is 222 Å². The summed E-state index contributed by atoms with van der Waals surface area (Å²) in [5, 5.41) is 0. The Bertz CT molecular complexity index is 3770. The Morgan fingerprint density at radius 3 is 0.617 bits per heavy atom. The van der Waals surface area contributed by atoms with Gasteiger partial charge in [-0.1, -0.05) is 220 Å². The second-order valence-corrected chi connectivity index (χ2v) is 37.3. The molecule has 0 bridgehead atoms. The van der Waals surface area contributed by atoms with Gasteiger partial charge >= 0.3 is 0 Å². The highest BCUT2D eigenvalue weighted by molar-refractivity contribution is 7.72. The second kappa shape index (κ2) is 47.7. The first-order valence-corrected chi connectivity index (χ1v) is 42.9. The van der Waals surface area contributed by atoms with Crippen molar-refractivity contribution in [3.8, 4) is 0 Å². The molecule has 0 saturated carbocycles. The fraction of sp³-hybridized carbons (Fsp3) is 0.770. The van der Waals surface area contributed by atoms with Crippen molar-refractivity contribution in [3.05, 3.63) is 101 Å². The summed E-state index contributed by atoms with van der Waals surface area (Å²) in [7, 11) is 14.4. The Morgan fingerprint density at radius 1 is 0.224 bits per heavy atom. The van der Waals surface area contributed by atoms with Crippen molar-refractivity contribution in [3.63, 3.8) is 0 Å². The maximum absolute atomic E-state index is 12.1. The monoisotopic (exact) mass is 1580 g/mol. The van der Waals surface area contributed by atoms with E-state index in [-0.39, 0.29) is 54.2 Å². The number of unbranched alkanes of at least 4 members (excludes halogenated alkanes) is 5. The highest BCUT2D eigenvalue weighted by Crippen LogP contribution is 2.37. The van der Waals surface area contributed by atoms with Crippen LogP contribution in [-0.4, -0.2) is 192 Å². The highest BCUT2D eigenvalue weighted by Gasteiger charge is 2.34. The number of anilines is 5. The summed E-state index contributed by atoms with van der Waals surface area (Å²) in [4.78, 5) is 82.9. The molecule has 0 heterocycles. The third-order valence-corrected chi connectivity index (χ3v) is 22.4. The maximum atomic E-state index is 12.1. The molecule has 5 aromatic rings. The molecule has 0 amide bonds. The highest BCUT2D eigenvalue weighted by atomic mass is 32.1. The van der Waals surface area contributed by atoms with Gasteiger partial charge in [-0.3, -0.25) is 24.0 Å². The molecule has 612 valence electrons. The molecule has 0 N–H and O–H groups in total. The van der Waals surface area contributed by atoms with Gasteiger partial charge in [0, 0.05) is 95.8 Å². The minimum atomic E-state index is -0.0480. The quantitative estimate of drug-likeness (QED) is 0.0272. The summed E-state index contributed by atoms with van der Waals surface area (Å²) in [6.07, 6.45) is 16.2. The SMILES string of the molecule is CCCN(C)CCCCN(C)c1c(C(C)(C)C)c(=S)c1=O.CCCN(CC)CCCCN(C)c1c(C(C)(C)C)c(=S)c1=O.CCCN(CCC)CCCCN(C)c1c(C(C)(C)C)c(=S)c1=O.CCN(C)CCCCN(C)c1c(C(C)(C)C)c(=S)c1=O.CCN(CC)CCCCN(C)c1c(C(C)(C)C)c(=S)c1=O. The fourth-order valence-electron chi connectivity index (χ4n) is 14.2. The summed E-state index contributed by atoms with van der Waals surface area (Å²) in [5.41, 5.74) is 9.60. The first kappa shape index (κ1) is 101. The Hall–Kier alpha value is -3.70. The Balaban J connectivity index is 0.000000669. The van der Waals surface area contributed by atoms with Gasteiger partial charge in [-0.25, -0.2) is 0 Å². The van der Waals surface area contributed by atoms with Crippen LogP contribution in [0.1, 0.15) is 277 Å². The molecule has 0 atom stereocenters. The van der Waals surface area contributed by atoms with Gasteiger partial charge in [0.2, 0.25) is 27.1 Å². The van der Waals surface area contributed by atoms with E-state index in [0.29, 0.717) is 22.6 Å². The molecule has 0 aliphatic carbocycles. The molecule has 5 rings (SSSR count). The first-order chi connectivity index (χ1) is 49.6. The molecule has 0 unspecified atom stereocenters. The van der Waals surface area contributed by atoms with Crippen molar-refractivity contribution in [2.24, 2.45) is 0 Å². The van der Waals surface area contributed by atoms with Crippen molar-refractivity contribution in [2.75, 3.05) is 192 Å². The van der Waals surface area contributed by atoms with E-state index in [1.807, 2.05) is 35.2 Å². The number of rotatable bonds is 42. The second-order valence-electron chi connectivity index (χ2n) is 35.3. The molecule has 0 aliphatic heterocycles. The van der Waals surface area contributed by atoms with E-state index in [4.69, 9.17) is 61.1 Å². The lowest BCUT2D eigenvalue weighted by molar-refractivity contribution is 0.269. The summed E-state index contributed by atoms with van der Waals surface area (Å²) >= 11 is 26.2. The summed E-state index contributed by atoms with van der Waals surface area (Å²) in [5.74, 6) is 0. The van der Waals surface area contributed by atoms with Gasteiger partial charge in [-0.05, 0) is 216 Å². The summed E-state index contributed by atoms with van der Waals surface area (Å²) < 4.78 is 2.68. The molecule has 5 aromatic carbocycles. The van der Waals surface area contributed by atoms with E-state index >= 15 is 0 Å². The predicted molar refractivity (Wildman–Crippen MR) is 484 cm³/mol. The van der Waals surface area contributed by atoms with Crippen LogP contribution in [0.5, 0.6) is 0 Å². The normalized spacial score (nSPS) is 12.3. The van der Waals surface area contributed by atoms with Crippen LogP contribution in [0.4, 0.5) is 28.4 Å². The van der Waals surface area contributed by atoms with Crippen molar-refractivity contribution >= 4 is 89.5 Å². The molecular weight excluding hydrogens is 1430 g/mol. The van der Waals surface area contributed by atoms with E-state index in [1.165, 1.54) is 64.6 Å². The summed E-state index contributed by atoms with van der Waals surface area (Å²) in [6, 6.07) is 0. The van der Waals surface area contributed by atoms with Gasteiger partial charge in [0.15, 0.2) is 0 Å². The zero-order chi connectivity index (χ0) is 82.4. The van der Waals surface area contributed by atoms with Gasteiger partial charge in [0.05, 0.1) is 51.0 Å². The molecule has 0 fully saturated rings. The lowest BCUT2D eigenvalue weighted by Crippen LogP contribution is -2.35. The predicted octanol–water partition coefficient (Wildman–Crippen LogP) is 18.3. The average molecular weight is 1580 g/mol. The van der Waals surface area contributed by atoms with E-state index in [9.17, 15) is 24.0 Å². The summed E-state index contributed by atoms with van der Waals surface area (Å²) in [6.45, 7) is 68.9. The Labute approximate surface area is 678 Å². The largest absolute Gasteiger partial charge is 0.371 e. The van der Waals surface area contributed by atoms with Crippen molar-refractivity contribution < 1.29 is 0 Å². The van der Waals surface area contributed by atoms with E-state index in [1.54, 1.807) is 0 Å². The maximum Gasteiger partial charge on any atom is 0.220 e. The Morgan fingerprint density at radius 2 is 0.411 bits per heavy atom. The van der Waals surface area contributed by atoms with Gasteiger partial charge in [0.25, 0.3) is 0 Å². The molecule has 0 aliphatic rings. The standard InChI is InChI=1S/C19H34N2OS.C18H32N2OS.2C17H30N2OS.C16H28N2OS/c1-7-11-21(12-8-2)14-10-9-13-20(6)16-15(19(3,4)5)18(23)17(16)22;1-7-11-20(8-2)13-10-9-12-19(6)15-14(18(3,4)5)17(22)16(15)21;1-7-10-18(5)11-8-9-12-19(6)14-13(17(2,3)4)16(21)15(14)20;1-7-19(8-2)12-10-9-11-18(6)14-13(17(3,4)5)16(21)15(14)20;1-7-17(5)10-8-9-11-18(6)13-12(16(2,3)4)15(20)14(13)19/h7-14H2,1-6H3;7-13H2,1-6H3;2*7-12H2,1-6H3;7-11H2,1-6H3. The zero-order valence-electron chi connectivity index (χ0n) is 73.7. The van der Waals surface area contributed by atoms with E-state index < -0.39 is 0 Å². The van der Waals surface area contributed by atoms with Crippen LogP contribution in [0.15, 0.2) is 24.0 Å². The van der Waals surface area contributed by atoms with Crippen molar-refractivity contribution in [1.29, 1.82) is 0 Å². The van der Waals surface area contributed by atoms with Crippen LogP contribution >= 0.6 is 61.1 Å². The first-order valence-electron chi connectivity index (χ1n) is 40.9. The van der Waals surface area contributed by atoms with Crippen LogP contribution in [0.25, 0.3) is 0 Å². The van der Waals surface area contributed by atoms with Gasteiger partial charge in [0.1, 0.15) is 0 Å². The lowest BCUT2D eigenvalue weighted by atomic mass is 9.82. The van der Waals surface area contributed by atoms with Crippen LogP contribution in [0, 0.1) is 22.6 Å². The minimum Gasteiger partial charge on any atom is -0.371 e. The van der Waals surface area contributed by atoms with Crippen LogP contribution in [-0.2, 0) is 27.1 Å². The fourth-order valence-corrected chi connectivity index (χ4v) is 16.7. The molecule has 107 heavy (non-hydrogen) atoms.